The van der Waals surface area contributed by atoms with E-state index in [0.717, 1.165) is 83.5 Å². The highest BCUT2D eigenvalue weighted by Crippen LogP contribution is 2.13. The zero-order chi connectivity index (χ0) is 39.4. The molecule has 0 rings (SSSR count). The van der Waals surface area contributed by atoms with E-state index in [-0.39, 0.29) is 31.1 Å². The lowest BCUT2D eigenvalue weighted by Crippen LogP contribution is -2.30. The van der Waals surface area contributed by atoms with Gasteiger partial charge in [-0.1, -0.05) is 173 Å². The first-order valence-corrected chi connectivity index (χ1v) is 23.0. The Morgan fingerprint density at radius 3 is 1.07 bits per heavy atom. The van der Waals surface area contributed by atoms with Crippen LogP contribution in [0.4, 0.5) is 0 Å². The molecular formula is C48H86O6. The number of esters is 3. The normalized spacial score (nSPS) is 12.3. The number of unbranched alkanes of at least 4 members (excludes halogenated alkanes) is 24. The maximum atomic E-state index is 12.7. The van der Waals surface area contributed by atoms with Gasteiger partial charge in [0.15, 0.2) is 6.10 Å². The fraction of sp³-hybridized carbons (Fsp3) is 0.812. The highest BCUT2D eigenvalue weighted by molar-refractivity contribution is 5.71. The first-order chi connectivity index (χ1) is 26.5. The Hall–Kier alpha value is -2.37. The summed E-state index contributed by atoms with van der Waals surface area (Å²) in [5.74, 6) is -0.907. The first-order valence-electron chi connectivity index (χ1n) is 23.0. The zero-order valence-electron chi connectivity index (χ0n) is 35.7. The summed E-state index contributed by atoms with van der Waals surface area (Å²) in [5.41, 5.74) is 0. The van der Waals surface area contributed by atoms with E-state index in [2.05, 4.69) is 57.2 Å². The van der Waals surface area contributed by atoms with E-state index in [1.54, 1.807) is 0 Å². The molecule has 6 heteroatoms. The van der Waals surface area contributed by atoms with Gasteiger partial charge in [-0.25, -0.2) is 0 Å². The predicted molar refractivity (Wildman–Crippen MR) is 229 cm³/mol. The van der Waals surface area contributed by atoms with Gasteiger partial charge in [-0.3, -0.25) is 14.4 Å². The summed E-state index contributed by atoms with van der Waals surface area (Å²) < 4.78 is 16.6. The molecule has 54 heavy (non-hydrogen) atoms. The molecular weight excluding hydrogens is 673 g/mol. The summed E-state index contributed by atoms with van der Waals surface area (Å²) in [7, 11) is 0. The molecule has 0 saturated heterocycles. The van der Waals surface area contributed by atoms with Crippen molar-refractivity contribution in [3.05, 3.63) is 36.5 Å². The number of hydrogen-bond acceptors (Lipinski definition) is 6. The Balaban J connectivity index is 4.23. The van der Waals surface area contributed by atoms with Crippen LogP contribution in [0.25, 0.3) is 0 Å². The Kier molecular flexibility index (Phi) is 41.5. The lowest BCUT2D eigenvalue weighted by Gasteiger charge is -2.18. The second kappa shape index (κ2) is 43.4. The summed E-state index contributed by atoms with van der Waals surface area (Å²) in [6.07, 6.45) is 48.7. The van der Waals surface area contributed by atoms with Crippen LogP contribution in [0.5, 0.6) is 0 Å². The minimum absolute atomic E-state index is 0.0783. The smallest absolute Gasteiger partial charge is 0.306 e. The van der Waals surface area contributed by atoms with Crippen molar-refractivity contribution in [3.8, 4) is 0 Å². The second-order valence-corrected chi connectivity index (χ2v) is 15.3. The molecule has 0 aromatic carbocycles. The fourth-order valence-electron chi connectivity index (χ4n) is 6.35. The topological polar surface area (TPSA) is 78.9 Å². The number of ether oxygens (including phenoxy) is 3. The lowest BCUT2D eigenvalue weighted by molar-refractivity contribution is -0.167. The van der Waals surface area contributed by atoms with Crippen molar-refractivity contribution in [2.45, 2.75) is 239 Å². The zero-order valence-corrected chi connectivity index (χ0v) is 35.7. The van der Waals surface area contributed by atoms with Crippen LogP contribution in [0.2, 0.25) is 0 Å². The van der Waals surface area contributed by atoms with Crippen molar-refractivity contribution in [1.82, 2.24) is 0 Å². The molecule has 0 radical (unpaired) electrons. The Morgan fingerprint density at radius 2 is 0.667 bits per heavy atom. The molecule has 0 aromatic heterocycles. The van der Waals surface area contributed by atoms with Gasteiger partial charge in [0.25, 0.3) is 0 Å². The molecule has 0 saturated carbocycles. The predicted octanol–water partition coefficient (Wildman–Crippen LogP) is 14.6. The number of carbonyl (C=O) groups excluding carboxylic acids is 3. The van der Waals surface area contributed by atoms with E-state index < -0.39 is 6.10 Å². The van der Waals surface area contributed by atoms with E-state index >= 15 is 0 Å². The van der Waals surface area contributed by atoms with Crippen LogP contribution in [0.15, 0.2) is 36.5 Å². The Labute approximate surface area is 334 Å². The van der Waals surface area contributed by atoms with Crippen molar-refractivity contribution in [2.75, 3.05) is 13.2 Å². The van der Waals surface area contributed by atoms with Gasteiger partial charge in [0.1, 0.15) is 13.2 Å². The molecule has 0 fully saturated rings. The summed E-state index contributed by atoms with van der Waals surface area (Å²) >= 11 is 0. The molecule has 1 unspecified atom stereocenters. The molecule has 0 N–H and O–H groups in total. The molecule has 0 aromatic rings. The largest absolute Gasteiger partial charge is 0.462 e. The van der Waals surface area contributed by atoms with Crippen LogP contribution < -0.4 is 0 Å². The van der Waals surface area contributed by atoms with Gasteiger partial charge >= 0.3 is 17.9 Å². The van der Waals surface area contributed by atoms with Crippen LogP contribution in [0, 0.1) is 0 Å². The number of allylic oxidation sites excluding steroid dienone is 6. The van der Waals surface area contributed by atoms with Crippen molar-refractivity contribution in [2.24, 2.45) is 0 Å². The lowest BCUT2D eigenvalue weighted by atomic mass is 10.1. The van der Waals surface area contributed by atoms with Crippen molar-refractivity contribution in [1.29, 1.82) is 0 Å². The van der Waals surface area contributed by atoms with Crippen LogP contribution in [-0.2, 0) is 28.6 Å². The number of hydrogen-bond donors (Lipinski definition) is 0. The van der Waals surface area contributed by atoms with Crippen molar-refractivity contribution < 1.29 is 28.6 Å². The first kappa shape index (κ1) is 51.6. The third-order valence-electron chi connectivity index (χ3n) is 9.87. The van der Waals surface area contributed by atoms with Crippen LogP contribution in [0.3, 0.4) is 0 Å². The molecule has 0 aliphatic rings. The van der Waals surface area contributed by atoms with Crippen molar-refractivity contribution >= 4 is 17.9 Å². The molecule has 0 bridgehead atoms. The van der Waals surface area contributed by atoms with Crippen LogP contribution in [0.1, 0.15) is 233 Å². The molecule has 0 aliphatic heterocycles. The molecule has 0 amide bonds. The summed E-state index contributed by atoms with van der Waals surface area (Å²) in [6, 6.07) is 0. The minimum atomic E-state index is -0.772. The SMILES string of the molecule is CCCCC/C=C\C/C=C\CCCCCCCCCC(=O)OCC(COC(=O)CCCCCCC)OC(=O)CCCCCCC/C=C\CCCCCCC. The van der Waals surface area contributed by atoms with Crippen molar-refractivity contribution in [3.63, 3.8) is 0 Å². The third kappa shape index (κ3) is 40.8. The number of rotatable bonds is 41. The Morgan fingerprint density at radius 1 is 0.370 bits per heavy atom. The quantitative estimate of drug-likeness (QED) is 0.0267. The van der Waals surface area contributed by atoms with Gasteiger partial charge < -0.3 is 14.2 Å². The van der Waals surface area contributed by atoms with Gasteiger partial charge in [-0.15, -0.1) is 0 Å². The average Bonchev–Trinajstić information content (AvgIpc) is 3.17. The maximum absolute atomic E-state index is 12.7. The van der Waals surface area contributed by atoms with Crippen LogP contribution >= 0.6 is 0 Å². The van der Waals surface area contributed by atoms with E-state index in [1.165, 1.54) is 109 Å². The highest BCUT2D eigenvalue weighted by atomic mass is 16.6. The highest BCUT2D eigenvalue weighted by Gasteiger charge is 2.19. The van der Waals surface area contributed by atoms with Crippen LogP contribution in [-0.4, -0.2) is 37.2 Å². The number of carbonyl (C=O) groups is 3. The van der Waals surface area contributed by atoms with Gasteiger partial charge in [-0.05, 0) is 77.0 Å². The molecule has 0 heterocycles. The van der Waals surface area contributed by atoms with E-state index in [1.807, 2.05) is 0 Å². The standard InChI is InChI=1S/C48H86O6/c1-4-7-10-13-15-17-19-21-23-24-25-27-28-30-32-35-38-41-47(50)53-44-45(43-52-46(49)40-37-34-12-9-6-3)54-48(51)42-39-36-33-31-29-26-22-20-18-16-14-11-8-5-2/h15,17,20-23,45H,4-14,16,18-19,24-44H2,1-3H3/b17-15-,22-20-,23-21-. The molecule has 0 aliphatic carbocycles. The van der Waals surface area contributed by atoms with Gasteiger partial charge in [0.05, 0.1) is 0 Å². The third-order valence-corrected chi connectivity index (χ3v) is 9.87. The molecule has 0 spiro atoms. The molecule has 6 nitrogen and oxygen atoms in total. The van der Waals surface area contributed by atoms with Gasteiger partial charge in [0.2, 0.25) is 0 Å². The summed E-state index contributed by atoms with van der Waals surface area (Å²) in [4.78, 5) is 37.5. The summed E-state index contributed by atoms with van der Waals surface area (Å²) in [6.45, 7) is 6.50. The second-order valence-electron chi connectivity index (χ2n) is 15.3. The van der Waals surface area contributed by atoms with E-state index in [0.29, 0.717) is 19.3 Å². The molecule has 1 atom stereocenters. The monoisotopic (exact) mass is 759 g/mol. The molecule has 314 valence electrons. The Bertz CT molecular complexity index is 922. The van der Waals surface area contributed by atoms with Gasteiger partial charge in [-0.2, -0.15) is 0 Å². The maximum Gasteiger partial charge on any atom is 0.306 e. The minimum Gasteiger partial charge on any atom is -0.462 e. The van der Waals surface area contributed by atoms with Gasteiger partial charge in [0, 0.05) is 19.3 Å². The fourth-order valence-corrected chi connectivity index (χ4v) is 6.35. The summed E-state index contributed by atoms with van der Waals surface area (Å²) in [5, 5.41) is 0. The van der Waals surface area contributed by atoms with E-state index in [4.69, 9.17) is 14.2 Å². The average molecular weight is 759 g/mol. The van der Waals surface area contributed by atoms with E-state index in [9.17, 15) is 14.4 Å².